The van der Waals surface area contributed by atoms with Crippen LogP contribution in [0.3, 0.4) is 0 Å². The van der Waals surface area contributed by atoms with Gasteiger partial charge in [-0.2, -0.15) is 0 Å². The van der Waals surface area contributed by atoms with Crippen LogP contribution in [0.2, 0.25) is 0 Å². The largest absolute Gasteiger partial charge is 0.305 e. The summed E-state index contributed by atoms with van der Waals surface area (Å²) < 4.78 is 1.10. The lowest BCUT2D eigenvalue weighted by atomic mass is 10.1. The third kappa shape index (κ3) is 2.47. The number of rotatable bonds is 2. The highest BCUT2D eigenvalue weighted by Crippen LogP contribution is 2.49. The number of carbonyl (C=O) groups is 1. The summed E-state index contributed by atoms with van der Waals surface area (Å²) in [7, 11) is 0. The lowest BCUT2D eigenvalue weighted by molar-refractivity contribution is -0.120. The van der Waals surface area contributed by atoms with Gasteiger partial charge in [-0.3, -0.25) is 9.79 Å². The van der Waals surface area contributed by atoms with Gasteiger partial charge in [-0.1, -0.05) is 45.9 Å². The van der Waals surface area contributed by atoms with Crippen molar-refractivity contribution in [3.05, 3.63) is 34.3 Å². The lowest BCUT2D eigenvalue weighted by Crippen LogP contribution is -2.29. The van der Waals surface area contributed by atoms with E-state index in [-0.39, 0.29) is 11.8 Å². The maximum absolute atomic E-state index is 12.0. The highest BCUT2D eigenvalue weighted by molar-refractivity contribution is 9.10. The summed E-state index contributed by atoms with van der Waals surface area (Å²) in [6.45, 7) is 0.818. The fourth-order valence-electron chi connectivity index (χ4n) is 2.21. The van der Waals surface area contributed by atoms with Crippen molar-refractivity contribution in [1.82, 2.24) is 5.32 Å². The van der Waals surface area contributed by atoms with Crippen LogP contribution in [0.25, 0.3) is 0 Å². The molecule has 0 unspecified atom stereocenters. The fourth-order valence-corrected chi connectivity index (χ4v) is 3.52. The molecule has 1 saturated carbocycles. The summed E-state index contributed by atoms with van der Waals surface area (Å²) >= 11 is 5.17. The first kappa shape index (κ1) is 12.2. The van der Waals surface area contributed by atoms with Gasteiger partial charge in [-0.25, -0.2) is 0 Å². The van der Waals surface area contributed by atoms with Crippen molar-refractivity contribution in [2.24, 2.45) is 10.9 Å². The molecule has 1 aliphatic heterocycles. The molecular weight excluding hydrogens is 312 g/mol. The highest BCUT2D eigenvalue weighted by atomic mass is 79.9. The van der Waals surface area contributed by atoms with E-state index < -0.39 is 0 Å². The zero-order valence-corrected chi connectivity index (χ0v) is 12.1. The maximum atomic E-state index is 12.0. The molecule has 1 fully saturated rings. The van der Waals surface area contributed by atoms with Gasteiger partial charge in [0.15, 0.2) is 5.17 Å². The molecule has 3 nitrogen and oxygen atoms in total. The van der Waals surface area contributed by atoms with Gasteiger partial charge in [-0.05, 0) is 24.0 Å². The van der Waals surface area contributed by atoms with E-state index in [1.54, 1.807) is 11.8 Å². The van der Waals surface area contributed by atoms with E-state index in [2.05, 4.69) is 32.3 Å². The van der Waals surface area contributed by atoms with Gasteiger partial charge in [0.05, 0.1) is 6.54 Å². The molecule has 1 N–H and O–H groups in total. The van der Waals surface area contributed by atoms with Crippen LogP contribution < -0.4 is 5.32 Å². The van der Waals surface area contributed by atoms with Crippen LogP contribution in [0.15, 0.2) is 33.7 Å². The van der Waals surface area contributed by atoms with Crippen LogP contribution in [0, 0.1) is 5.92 Å². The molecular formula is C13H13BrN2OS. The van der Waals surface area contributed by atoms with Crippen molar-refractivity contribution < 1.29 is 4.79 Å². The normalized spacial score (nSPS) is 25.7. The van der Waals surface area contributed by atoms with Gasteiger partial charge < -0.3 is 5.32 Å². The van der Waals surface area contributed by atoms with Crippen molar-refractivity contribution in [2.75, 3.05) is 12.3 Å². The Hall–Kier alpha value is -0.810. The van der Waals surface area contributed by atoms with Gasteiger partial charge in [0.2, 0.25) is 5.91 Å². The van der Waals surface area contributed by atoms with E-state index in [4.69, 9.17) is 0 Å². The molecule has 2 atom stereocenters. The van der Waals surface area contributed by atoms with Crippen LogP contribution in [-0.2, 0) is 4.79 Å². The highest BCUT2D eigenvalue weighted by Gasteiger charge is 2.45. The number of halogens is 1. The predicted molar refractivity (Wildman–Crippen MR) is 77.9 cm³/mol. The average Bonchev–Trinajstić information content (AvgIpc) is 3.00. The number of hydrogen-bond acceptors (Lipinski definition) is 3. The summed E-state index contributed by atoms with van der Waals surface area (Å²) in [6, 6.07) is 8.13. The number of benzene rings is 1. The van der Waals surface area contributed by atoms with Gasteiger partial charge in [0, 0.05) is 16.1 Å². The quantitative estimate of drug-likeness (QED) is 0.908. The number of carbonyl (C=O) groups excluding carboxylic acids is 1. The number of amides is 1. The molecule has 18 heavy (non-hydrogen) atoms. The second-order valence-corrected chi connectivity index (χ2v) is 6.43. The van der Waals surface area contributed by atoms with E-state index in [9.17, 15) is 4.79 Å². The zero-order valence-electron chi connectivity index (χ0n) is 9.73. The first-order chi connectivity index (χ1) is 8.75. The Morgan fingerprint density at radius 3 is 3.00 bits per heavy atom. The summed E-state index contributed by atoms with van der Waals surface area (Å²) in [5.41, 5.74) is 1.23. The molecule has 0 aromatic heterocycles. The van der Waals surface area contributed by atoms with Crippen molar-refractivity contribution >= 4 is 38.8 Å². The minimum atomic E-state index is 0.104. The molecule has 94 valence electrons. The smallest absolute Gasteiger partial charge is 0.229 e. The van der Waals surface area contributed by atoms with Crippen molar-refractivity contribution in [1.29, 1.82) is 0 Å². The molecule has 0 saturated heterocycles. The minimum absolute atomic E-state index is 0.104. The van der Waals surface area contributed by atoms with E-state index in [1.165, 1.54) is 5.56 Å². The van der Waals surface area contributed by atoms with Crippen molar-refractivity contribution in [2.45, 2.75) is 12.3 Å². The molecule has 0 spiro atoms. The van der Waals surface area contributed by atoms with Gasteiger partial charge >= 0.3 is 0 Å². The lowest BCUT2D eigenvalue weighted by Gasteiger charge is -2.05. The number of thioether (sulfide) groups is 1. The summed E-state index contributed by atoms with van der Waals surface area (Å²) in [5, 5.41) is 3.71. The zero-order chi connectivity index (χ0) is 12.5. The third-order valence-corrected chi connectivity index (χ3v) is 4.86. The van der Waals surface area contributed by atoms with Crippen LogP contribution >= 0.6 is 27.7 Å². The van der Waals surface area contributed by atoms with Crippen LogP contribution in [-0.4, -0.2) is 23.4 Å². The summed E-state index contributed by atoms with van der Waals surface area (Å²) in [5.74, 6) is 1.55. The fraction of sp³-hybridized carbons (Fsp3) is 0.385. The van der Waals surface area contributed by atoms with Gasteiger partial charge in [-0.15, -0.1) is 0 Å². The second kappa shape index (κ2) is 5.05. The topological polar surface area (TPSA) is 41.5 Å². The number of hydrogen-bond donors (Lipinski definition) is 1. The SMILES string of the molecule is O=C(NC1=NCCS1)[C@@H]1C[C@H]1c1ccccc1Br. The molecule has 1 aliphatic carbocycles. The molecule has 0 bridgehead atoms. The summed E-state index contributed by atoms with van der Waals surface area (Å²) in [6.07, 6.45) is 0.937. The van der Waals surface area contributed by atoms with Crippen LogP contribution in [0.4, 0.5) is 0 Å². The molecule has 2 aliphatic rings. The van der Waals surface area contributed by atoms with E-state index in [1.807, 2.05) is 18.2 Å². The molecule has 5 heteroatoms. The van der Waals surface area contributed by atoms with Crippen molar-refractivity contribution in [3.8, 4) is 0 Å². The summed E-state index contributed by atoms with van der Waals surface area (Å²) in [4.78, 5) is 16.3. The Bertz CT molecular complexity index is 517. The number of aliphatic imine (C=N–C) groups is 1. The molecule has 3 rings (SSSR count). The number of amidine groups is 1. The van der Waals surface area contributed by atoms with Crippen LogP contribution in [0.5, 0.6) is 0 Å². The average molecular weight is 325 g/mol. The third-order valence-electron chi connectivity index (χ3n) is 3.25. The van der Waals surface area contributed by atoms with E-state index >= 15 is 0 Å². The Balaban J connectivity index is 1.63. The minimum Gasteiger partial charge on any atom is -0.305 e. The molecule has 0 radical (unpaired) electrons. The second-order valence-electron chi connectivity index (χ2n) is 4.49. The van der Waals surface area contributed by atoms with E-state index in [0.29, 0.717) is 5.92 Å². The van der Waals surface area contributed by atoms with Gasteiger partial charge in [0.25, 0.3) is 0 Å². The van der Waals surface area contributed by atoms with Gasteiger partial charge in [0.1, 0.15) is 0 Å². The number of nitrogens with zero attached hydrogens (tertiary/aromatic N) is 1. The Morgan fingerprint density at radius 2 is 2.28 bits per heavy atom. The molecule has 1 amide bonds. The monoisotopic (exact) mass is 324 g/mol. The van der Waals surface area contributed by atoms with E-state index in [0.717, 1.165) is 28.4 Å². The number of nitrogens with one attached hydrogen (secondary N) is 1. The standard InChI is InChI=1S/C13H13BrN2OS/c14-11-4-2-1-3-8(11)9-7-10(9)12(17)16-13-15-5-6-18-13/h1-4,9-10H,5-7H2,(H,15,16,17)/t9-,10+/m0/s1. The molecule has 1 aromatic rings. The van der Waals surface area contributed by atoms with Crippen molar-refractivity contribution in [3.63, 3.8) is 0 Å². The Morgan fingerprint density at radius 1 is 1.44 bits per heavy atom. The first-order valence-corrected chi connectivity index (χ1v) is 7.76. The maximum Gasteiger partial charge on any atom is 0.229 e. The Kier molecular flexibility index (Phi) is 3.43. The molecule has 1 aromatic carbocycles. The Labute approximate surface area is 119 Å². The predicted octanol–water partition coefficient (Wildman–Crippen LogP) is 2.77. The first-order valence-electron chi connectivity index (χ1n) is 5.98. The van der Waals surface area contributed by atoms with Crippen LogP contribution in [0.1, 0.15) is 17.9 Å². The molecule has 1 heterocycles.